The van der Waals surface area contributed by atoms with Gasteiger partial charge >= 0.3 is 0 Å². The van der Waals surface area contributed by atoms with Crippen LogP contribution in [0.4, 0.5) is 0 Å². The summed E-state index contributed by atoms with van der Waals surface area (Å²) in [6.07, 6.45) is 0. The minimum Gasteiger partial charge on any atom is -0.278 e. The third-order valence-corrected chi connectivity index (χ3v) is 11.4. The van der Waals surface area contributed by atoms with Crippen LogP contribution < -0.4 is 0 Å². The van der Waals surface area contributed by atoms with E-state index in [-0.39, 0.29) is 0 Å². The van der Waals surface area contributed by atoms with Crippen molar-refractivity contribution in [3.05, 3.63) is 229 Å². The molecule has 2 heterocycles. The van der Waals surface area contributed by atoms with Gasteiger partial charge in [0.15, 0.2) is 11.6 Å². The Balaban J connectivity index is 1.10. The van der Waals surface area contributed by atoms with Crippen molar-refractivity contribution in [1.82, 2.24) is 19.5 Å². The highest BCUT2D eigenvalue weighted by molar-refractivity contribution is 6.10. The molecule has 56 heavy (non-hydrogen) atoms. The molecule has 10 aromatic rings. The number of para-hydroxylation sites is 1. The Labute approximate surface area is 325 Å². The van der Waals surface area contributed by atoms with E-state index in [0.717, 1.165) is 38.5 Å². The summed E-state index contributed by atoms with van der Waals surface area (Å²) < 4.78 is 2.18. The van der Waals surface area contributed by atoms with Crippen LogP contribution in [0.15, 0.2) is 206 Å². The lowest BCUT2D eigenvalue weighted by atomic mass is 9.67. The SMILES string of the molecule is c1ccc(-c2nc(-c3ccccc3)nc(-n3c4ccccc4c4cc(-c5ccc6c(c5)-c5ccccc5C6(c5ccccc5)c5ccccc5)ccc43)n2)cc1. The second kappa shape index (κ2) is 12.9. The summed E-state index contributed by atoms with van der Waals surface area (Å²) in [5.41, 5.74) is 13.6. The maximum atomic E-state index is 5.12. The topological polar surface area (TPSA) is 43.6 Å². The quantitative estimate of drug-likeness (QED) is 0.172. The maximum Gasteiger partial charge on any atom is 0.238 e. The van der Waals surface area contributed by atoms with Crippen molar-refractivity contribution in [2.24, 2.45) is 0 Å². The van der Waals surface area contributed by atoms with Crippen LogP contribution in [0, 0.1) is 0 Å². The predicted octanol–water partition coefficient (Wildman–Crippen LogP) is 12.3. The van der Waals surface area contributed by atoms with E-state index in [2.05, 4.69) is 150 Å². The first-order valence-corrected chi connectivity index (χ1v) is 19.0. The molecule has 0 unspecified atom stereocenters. The van der Waals surface area contributed by atoms with E-state index in [1.807, 2.05) is 60.7 Å². The fourth-order valence-corrected chi connectivity index (χ4v) is 8.89. The average Bonchev–Trinajstić information content (AvgIpc) is 3.78. The van der Waals surface area contributed by atoms with Crippen LogP contribution in [0.1, 0.15) is 22.3 Å². The van der Waals surface area contributed by atoms with Crippen molar-refractivity contribution >= 4 is 21.8 Å². The highest BCUT2D eigenvalue weighted by atomic mass is 15.2. The molecule has 0 saturated carbocycles. The monoisotopic (exact) mass is 714 g/mol. The molecule has 0 saturated heterocycles. The van der Waals surface area contributed by atoms with E-state index >= 15 is 0 Å². The molecule has 8 aromatic carbocycles. The molecule has 0 aliphatic heterocycles. The molecular formula is C52H34N4. The van der Waals surface area contributed by atoms with E-state index in [1.54, 1.807) is 0 Å². The van der Waals surface area contributed by atoms with Crippen LogP contribution in [-0.4, -0.2) is 19.5 Å². The first-order valence-electron chi connectivity index (χ1n) is 19.0. The smallest absolute Gasteiger partial charge is 0.238 e. The molecule has 0 N–H and O–H groups in total. The number of aromatic nitrogens is 4. The van der Waals surface area contributed by atoms with Crippen molar-refractivity contribution in [3.63, 3.8) is 0 Å². The van der Waals surface area contributed by atoms with Gasteiger partial charge in [0.2, 0.25) is 5.95 Å². The van der Waals surface area contributed by atoms with Crippen LogP contribution in [0.5, 0.6) is 0 Å². The van der Waals surface area contributed by atoms with Gasteiger partial charge in [-0.2, -0.15) is 9.97 Å². The van der Waals surface area contributed by atoms with Gasteiger partial charge < -0.3 is 0 Å². The summed E-state index contributed by atoms with van der Waals surface area (Å²) in [4.78, 5) is 15.2. The Hall–Kier alpha value is -7.43. The summed E-state index contributed by atoms with van der Waals surface area (Å²) in [6.45, 7) is 0. The summed E-state index contributed by atoms with van der Waals surface area (Å²) in [5.74, 6) is 1.86. The van der Waals surface area contributed by atoms with Crippen LogP contribution in [0.3, 0.4) is 0 Å². The Morgan fingerprint density at radius 3 is 1.50 bits per heavy atom. The van der Waals surface area contributed by atoms with Crippen molar-refractivity contribution < 1.29 is 0 Å². The minimum absolute atomic E-state index is 0.425. The van der Waals surface area contributed by atoms with Crippen molar-refractivity contribution in [3.8, 4) is 51.0 Å². The Morgan fingerprint density at radius 2 is 0.839 bits per heavy atom. The van der Waals surface area contributed by atoms with Crippen molar-refractivity contribution in [2.75, 3.05) is 0 Å². The number of fused-ring (bicyclic) bond motifs is 6. The molecule has 0 amide bonds. The average molecular weight is 715 g/mol. The minimum atomic E-state index is -0.425. The van der Waals surface area contributed by atoms with Gasteiger partial charge in [-0.05, 0) is 68.8 Å². The van der Waals surface area contributed by atoms with E-state index in [4.69, 9.17) is 15.0 Å². The molecular weight excluding hydrogens is 681 g/mol. The molecule has 2 aromatic heterocycles. The van der Waals surface area contributed by atoms with E-state index in [0.29, 0.717) is 17.6 Å². The molecule has 1 aliphatic carbocycles. The largest absolute Gasteiger partial charge is 0.278 e. The highest BCUT2D eigenvalue weighted by Gasteiger charge is 2.45. The van der Waals surface area contributed by atoms with Crippen molar-refractivity contribution in [2.45, 2.75) is 5.41 Å². The van der Waals surface area contributed by atoms with Crippen LogP contribution in [0.25, 0.3) is 72.8 Å². The standard InChI is InChI=1S/C52H34N4/c1-5-17-35(18-6-1)49-53-50(36-19-7-2-8-20-36)55-51(54-49)56-47-28-16-14-26-42(47)44-34-38(30-32-48(44)56)37-29-31-46-43(33-37)41-25-13-15-27-45(41)52(46,39-21-9-3-10-22-39)40-23-11-4-12-24-40/h1-34H. The number of hydrogen-bond donors (Lipinski definition) is 0. The van der Waals surface area contributed by atoms with Crippen LogP contribution in [0.2, 0.25) is 0 Å². The Bertz CT molecular complexity index is 2960. The van der Waals surface area contributed by atoms with E-state index in [1.165, 1.54) is 38.9 Å². The Morgan fingerprint density at radius 1 is 0.339 bits per heavy atom. The first-order chi connectivity index (χ1) is 27.8. The highest BCUT2D eigenvalue weighted by Crippen LogP contribution is 2.56. The lowest BCUT2D eigenvalue weighted by Crippen LogP contribution is -2.28. The lowest BCUT2D eigenvalue weighted by Gasteiger charge is -2.33. The molecule has 262 valence electrons. The summed E-state index contributed by atoms with van der Waals surface area (Å²) in [5, 5.41) is 2.29. The van der Waals surface area contributed by atoms with E-state index in [9.17, 15) is 0 Å². The molecule has 1 aliphatic rings. The van der Waals surface area contributed by atoms with Crippen LogP contribution >= 0.6 is 0 Å². The molecule has 0 atom stereocenters. The van der Waals surface area contributed by atoms with Gasteiger partial charge in [-0.25, -0.2) is 4.98 Å². The molecule has 11 rings (SSSR count). The van der Waals surface area contributed by atoms with Gasteiger partial charge in [0.25, 0.3) is 0 Å². The number of nitrogens with zero attached hydrogens (tertiary/aromatic N) is 4. The molecule has 0 radical (unpaired) electrons. The maximum absolute atomic E-state index is 5.12. The van der Waals surface area contributed by atoms with Crippen LogP contribution in [-0.2, 0) is 5.41 Å². The predicted molar refractivity (Wildman–Crippen MR) is 228 cm³/mol. The molecule has 4 heteroatoms. The van der Waals surface area contributed by atoms with Crippen molar-refractivity contribution in [1.29, 1.82) is 0 Å². The second-order valence-corrected chi connectivity index (χ2v) is 14.4. The van der Waals surface area contributed by atoms with Gasteiger partial charge in [0, 0.05) is 21.9 Å². The lowest BCUT2D eigenvalue weighted by molar-refractivity contribution is 0.768. The second-order valence-electron chi connectivity index (χ2n) is 14.4. The zero-order valence-corrected chi connectivity index (χ0v) is 30.4. The first kappa shape index (κ1) is 32.0. The Kier molecular flexibility index (Phi) is 7.36. The fourth-order valence-electron chi connectivity index (χ4n) is 8.89. The summed E-state index contributed by atoms with van der Waals surface area (Å²) in [7, 11) is 0. The van der Waals surface area contributed by atoms with E-state index < -0.39 is 5.41 Å². The number of benzene rings is 8. The van der Waals surface area contributed by atoms with Gasteiger partial charge in [-0.1, -0.05) is 182 Å². The van der Waals surface area contributed by atoms with Gasteiger partial charge in [-0.3, -0.25) is 4.57 Å². The van der Waals surface area contributed by atoms with Gasteiger partial charge in [0.05, 0.1) is 16.4 Å². The summed E-state index contributed by atoms with van der Waals surface area (Å²) >= 11 is 0. The zero-order valence-electron chi connectivity index (χ0n) is 30.4. The summed E-state index contributed by atoms with van der Waals surface area (Å²) in [6, 6.07) is 73.5. The fraction of sp³-hybridized carbons (Fsp3) is 0.0192. The number of rotatable bonds is 6. The molecule has 0 spiro atoms. The third kappa shape index (κ3) is 4.89. The zero-order chi connectivity index (χ0) is 37.1. The van der Waals surface area contributed by atoms with Gasteiger partial charge in [-0.15, -0.1) is 0 Å². The molecule has 4 nitrogen and oxygen atoms in total. The molecule has 0 bridgehead atoms. The van der Waals surface area contributed by atoms with Gasteiger partial charge in [0.1, 0.15) is 0 Å². The third-order valence-electron chi connectivity index (χ3n) is 11.4. The molecule has 0 fully saturated rings. The number of hydrogen-bond acceptors (Lipinski definition) is 3. The normalized spacial score (nSPS) is 12.8.